The molecule has 0 bridgehead atoms. The quantitative estimate of drug-likeness (QED) is 0.749. The third kappa shape index (κ3) is 2.54. The summed E-state index contributed by atoms with van der Waals surface area (Å²) in [4.78, 5) is 21.8. The van der Waals surface area contributed by atoms with Gasteiger partial charge in [0.2, 0.25) is 11.9 Å². The zero-order valence-corrected chi connectivity index (χ0v) is 13.1. The van der Waals surface area contributed by atoms with Crippen LogP contribution in [0.25, 0.3) is 0 Å². The van der Waals surface area contributed by atoms with E-state index in [0.29, 0.717) is 24.1 Å². The molecular formula is C16H18N6O2. The molecule has 3 rings (SSSR count). The molecule has 8 nitrogen and oxygen atoms in total. The number of carbonyl (C=O) groups is 1. The minimum absolute atomic E-state index is 0.0489. The van der Waals surface area contributed by atoms with Crippen molar-refractivity contribution in [1.29, 1.82) is 5.26 Å². The van der Waals surface area contributed by atoms with Crippen molar-refractivity contribution in [3.8, 4) is 6.07 Å². The molecule has 0 amide bonds. The zero-order chi connectivity index (χ0) is 17.3. The van der Waals surface area contributed by atoms with Crippen molar-refractivity contribution in [2.45, 2.75) is 37.8 Å². The van der Waals surface area contributed by atoms with Gasteiger partial charge in [-0.2, -0.15) is 10.3 Å². The smallest absolute Gasteiger partial charge is 0.337 e. The van der Waals surface area contributed by atoms with E-state index in [1.165, 1.54) is 18.2 Å². The Hall–Kier alpha value is -3.08. The van der Waals surface area contributed by atoms with E-state index in [-0.39, 0.29) is 17.5 Å². The Kier molecular flexibility index (Phi) is 3.85. The molecule has 1 aliphatic carbocycles. The molecule has 0 radical (unpaired) electrons. The van der Waals surface area contributed by atoms with Crippen LogP contribution in [0.2, 0.25) is 0 Å². The lowest BCUT2D eigenvalue weighted by molar-refractivity contribution is 0.0697. The molecule has 124 valence electrons. The summed E-state index contributed by atoms with van der Waals surface area (Å²) in [5, 5.41) is 18.7. The van der Waals surface area contributed by atoms with E-state index in [0.717, 1.165) is 19.3 Å². The minimum atomic E-state index is -1.10. The molecule has 24 heavy (non-hydrogen) atoms. The Morgan fingerprint density at radius 2 is 2.00 bits per heavy atom. The Morgan fingerprint density at radius 3 is 2.62 bits per heavy atom. The number of benzene rings is 1. The van der Waals surface area contributed by atoms with Gasteiger partial charge in [0, 0.05) is 0 Å². The third-order valence-electron chi connectivity index (χ3n) is 4.45. The summed E-state index contributed by atoms with van der Waals surface area (Å²) in [6.07, 6.45) is 4.33. The molecule has 2 aliphatic rings. The molecule has 0 aromatic heterocycles. The summed E-state index contributed by atoms with van der Waals surface area (Å²) in [5.41, 5.74) is 11.9. The van der Waals surface area contributed by atoms with Gasteiger partial charge in [0.1, 0.15) is 5.66 Å². The van der Waals surface area contributed by atoms with Crippen LogP contribution in [-0.4, -0.2) is 28.7 Å². The molecule has 1 aromatic carbocycles. The maximum Gasteiger partial charge on any atom is 0.337 e. The highest BCUT2D eigenvalue weighted by Gasteiger charge is 2.43. The summed E-state index contributed by atoms with van der Waals surface area (Å²) in [5.74, 6) is -0.906. The van der Waals surface area contributed by atoms with Crippen molar-refractivity contribution >= 4 is 23.6 Å². The molecule has 1 heterocycles. The van der Waals surface area contributed by atoms with Crippen molar-refractivity contribution in [3.63, 3.8) is 0 Å². The Labute approximate surface area is 139 Å². The Balaban J connectivity index is 2.20. The van der Waals surface area contributed by atoms with Gasteiger partial charge in [0.25, 0.3) is 0 Å². The van der Waals surface area contributed by atoms with Gasteiger partial charge in [0.15, 0.2) is 0 Å². The fourth-order valence-corrected chi connectivity index (χ4v) is 3.44. The number of rotatable bonds is 2. The van der Waals surface area contributed by atoms with Crippen LogP contribution in [0.1, 0.15) is 48.0 Å². The number of hydrogen-bond acceptors (Lipinski definition) is 7. The van der Waals surface area contributed by atoms with E-state index < -0.39 is 11.6 Å². The van der Waals surface area contributed by atoms with Crippen LogP contribution in [0.5, 0.6) is 0 Å². The number of guanidine groups is 2. The summed E-state index contributed by atoms with van der Waals surface area (Å²) < 4.78 is 0. The van der Waals surface area contributed by atoms with Crippen LogP contribution in [-0.2, 0) is 0 Å². The van der Waals surface area contributed by atoms with Crippen molar-refractivity contribution in [1.82, 2.24) is 0 Å². The minimum Gasteiger partial charge on any atom is -0.478 e. The molecule has 0 atom stereocenters. The molecule has 0 saturated heterocycles. The number of carboxylic acid groups (broad SMARTS) is 1. The number of aliphatic imine (C=N–C) groups is 2. The van der Waals surface area contributed by atoms with Crippen LogP contribution in [0.15, 0.2) is 28.2 Å². The molecule has 1 aliphatic heterocycles. The van der Waals surface area contributed by atoms with Crippen molar-refractivity contribution in [2.24, 2.45) is 21.5 Å². The lowest BCUT2D eigenvalue weighted by Crippen LogP contribution is -2.58. The van der Waals surface area contributed by atoms with Gasteiger partial charge in [-0.3, -0.25) is 4.90 Å². The van der Waals surface area contributed by atoms with Crippen molar-refractivity contribution in [2.75, 3.05) is 4.90 Å². The average Bonchev–Trinajstić information content (AvgIpc) is 2.54. The molecule has 1 saturated carbocycles. The van der Waals surface area contributed by atoms with E-state index in [4.69, 9.17) is 11.5 Å². The maximum absolute atomic E-state index is 11.7. The van der Waals surface area contributed by atoms with E-state index in [9.17, 15) is 15.2 Å². The first-order valence-electron chi connectivity index (χ1n) is 7.74. The van der Waals surface area contributed by atoms with Crippen molar-refractivity contribution < 1.29 is 9.90 Å². The molecule has 1 spiro atoms. The van der Waals surface area contributed by atoms with Crippen molar-refractivity contribution in [3.05, 3.63) is 29.3 Å². The predicted molar refractivity (Wildman–Crippen MR) is 89.7 cm³/mol. The summed E-state index contributed by atoms with van der Waals surface area (Å²) in [7, 11) is 0. The topological polar surface area (TPSA) is 141 Å². The number of nitriles is 1. The number of nitrogens with zero attached hydrogens (tertiary/aromatic N) is 4. The molecule has 5 N–H and O–H groups in total. The largest absolute Gasteiger partial charge is 0.478 e. The maximum atomic E-state index is 11.7. The normalized spacial score (nSPS) is 19.4. The van der Waals surface area contributed by atoms with Crippen LogP contribution >= 0.6 is 0 Å². The second-order valence-electron chi connectivity index (χ2n) is 5.97. The van der Waals surface area contributed by atoms with Gasteiger partial charge in [-0.25, -0.2) is 9.79 Å². The number of carboxylic acids is 1. The first-order chi connectivity index (χ1) is 11.5. The van der Waals surface area contributed by atoms with Crippen LogP contribution < -0.4 is 16.4 Å². The third-order valence-corrected chi connectivity index (χ3v) is 4.45. The summed E-state index contributed by atoms with van der Waals surface area (Å²) in [6, 6.07) is 6.41. The first-order valence-corrected chi connectivity index (χ1v) is 7.74. The molecule has 0 unspecified atom stereocenters. The lowest BCUT2D eigenvalue weighted by atomic mass is 9.86. The Bertz CT molecular complexity index is 786. The fraction of sp³-hybridized carbons (Fsp3) is 0.375. The zero-order valence-electron chi connectivity index (χ0n) is 13.1. The Morgan fingerprint density at radius 1 is 1.29 bits per heavy atom. The molecule has 1 aromatic rings. The number of nitrogens with two attached hydrogens (primary N) is 2. The second kappa shape index (κ2) is 5.85. The van der Waals surface area contributed by atoms with E-state index in [1.807, 2.05) is 6.07 Å². The molecule has 8 heteroatoms. The van der Waals surface area contributed by atoms with Crippen LogP contribution in [0.4, 0.5) is 5.69 Å². The van der Waals surface area contributed by atoms with Gasteiger partial charge >= 0.3 is 5.97 Å². The predicted octanol–water partition coefficient (Wildman–Crippen LogP) is 1.37. The summed E-state index contributed by atoms with van der Waals surface area (Å²) in [6.45, 7) is 0. The number of anilines is 1. The second-order valence-corrected chi connectivity index (χ2v) is 5.97. The van der Waals surface area contributed by atoms with E-state index >= 15 is 0 Å². The number of aromatic carboxylic acids is 1. The van der Waals surface area contributed by atoms with E-state index in [2.05, 4.69) is 9.98 Å². The van der Waals surface area contributed by atoms with Gasteiger partial charge in [-0.1, -0.05) is 6.42 Å². The lowest BCUT2D eigenvalue weighted by Gasteiger charge is -2.46. The van der Waals surface area contributed by atoms with Gasteiger partial charge in [0.05, 0.1) is 22.9 Å². The first kappa shape index (κ1) is 15.8. The van der Waals surface area contributed by atoms with E-state index in [1.54, 1.807) is 4.90 Å². The average molecular weight is 326 g/mol. The van der Waals surface area contributed by atoms with Gasteiger partial charge in [-0.15, -0.1) is 0 Å². The van der Waals surface area contributed by atoms with Gasteiger partial charge in [-0.05, 0) is 43.9 Å². The fourth-order valence-electron chi connectivity index (χ4n) is 3.44. The van der Waals surface area contributed by atoms with Crippen LogP contribution in [0.3, 0.4) is 0 Å². The highest BCUT2D eigenvalue weighted by atomic mass is 16.4. The molecular weight excluding hydrogens is 308 g/mol. The summed E-state index contributed by atoms with van der Waals surface area (Å²) >= 11 is 0. The van der Waals surface area contributed by atoms with Gasteiger partial charge < -0.3 is 16.6 Å². The highest BCUT2D eigenvalue weighted by molar-refractivity contribution is 6.09. The SMILES string of the molecule is N#Cc1ccc(C(=O)O)c(N2C(N)=NC(N)=NC23CCCCC3)c1. The highest BCUT2D eigenvalue weighted by Crippen LogP contribution is 2.40. The van der Waals surface area contributed by atoms with Crippen LogP contribution in [0, 0.1) is 11.3 Å². The number of hydrogen-bond donors (Lipinski definition) is 3. The standard InChI is InChI=1S/C16H18N6O2/c17-9-10-4-5-11(13(23)24)12(8-10)22-15(19)20-14(18)21-16(22)6-2-1-3-7-16/h4-5,8H,1-3,6-7H2,(H,23,24)(H4,18,19,20,21). The molecule has 1 fully saturated rings. The monoisotopic (exact) mass is 326 g/mol.